The van der Waals surface area contributed by atoms with Gasteiger partial charge >= 0.3 is 6.03 Å². The smallest absolute Gasteiger partial charge is 0.339 e. The van der Waals surface area contributed by atoms with Gasteiger partial charge in [-0.15, -0.1) is 0 Å². The number of phenolic OH excluding ortho intramolecular Hbond substituents is 1. The predicted octanol–water partition coefficient (Wildman–Crippen LogP) is 3.71. The highest BCUT2D eigenvalue weighted by Gasteiger charge is 2.49. The molecule has 1 saturated heterocycles. The highest BCUT2D eigenvalue weighted by atomic mass is 16.5. The van der Waals surface area contributed by atoms with Crippen molar-refractivity contribution >= 4 is 17.4 Å². The maximum absolute atomic E-state index is 12.2. The molecule has 2 amide bonds. The highest BCUT2D eigenvalue weighted by molar-refractivity contribution is 5.92. The monoisotopic (exact) mass is 438 g/mol. The minimum Gasteiger partial charge on any atom is -0.508 e. The van der Waals surface area contributed by atoms with E-state index in [0.717, 1.165) is 49.4 Å². The number of benzene rings is 2. The van der Waals surface area contributed by atoms with Crippen molar-refractivity contribution in [1.29, 1.82) is 0 Å². The van der Waals surface area contributed by atoms with Crippen LogP contribution in [0.15, 0.2) is 47.6 Å². The molecule has 2 aliphatic rings. The Morgan fingerprint density at radius 3 is 2.72 bits per heavy atom. The van der Waals surface area contributed by atoms with E-state index in [1.165, 1.54) is 11.6 Å². The van der Waals surface area contributed by atoms with Crippen molar-refractivity contribution in [2.24, 2.45) is 5.10 Å². The van der Waals surface area contributed by atoms with E-state index in [9.17, 15) is 9.90 Å². The second-order valence-electron chi connectivity index (χ2n) is 8.47. The van der Waals surface area contributed by atoms with Gasteiger partial charge in [0.2, 0.25) is 0 Å². The molecule has 32 heavy (non-hydrogen) atoms. The molecule has 0 spiro atoms. The maximum atomic E-state index is 12.2. The molecule has 1 aliphatic carbocycles. The number of amides is 2. The summed E-state index contributed by atoms with van der Waals surface area (Å²) in [7, 11) is 5.46. The third-order valence-electron chi connectivity index (χ3n) is 6.75. The number of phenols is 1. The number of fused-ring (bicyclic) bond motifs is 1. The summed E-state index contributed by atoms with van der Waals surface area (Å²) in [6, 6.07) is 12.5. The molecule has 4 rings (SSSR count). The molecule has 2 aromatic carbocycles. The third kappa shape index (κ3) is 4.23. The number of hydrazone groups is 1. The number of anilines is 1. The van der Waals surface area contributed by atoms with Crippen LogP contribution in [0.5, 0.6) is 17.2 Å². The van der Waals surface area contributed by atoms with Crippen LogP contribution in [0, 0.1) is 0 Å². The van der Waals surface area contributed by atoms with E-state index in [0.29, 0.717) is 11.7 Å². The fourth-order valence-corrected chi connectivity index (χ4v) is 5.06. The Kier molecular flexibility index (Phi) is 6.23. The number of nitrogens with zero attached hydrogens (tertiary/aromatic N) is 2. The Balaban J connectivity index is 1.48. The number of carbonyl (C=O) groups excluding carboxylic acids is 1. The van der Waals surface area contributed by atoms with Gasteiger partial charge in [-0.1, -0.05) is 12.1 Å². The van der Waals surface area contributed by atoms with Crippen molar-refractivity contribution in [3.8, 4) is 17.2 Å². The maximum Gasteiger partial charge on any atom is 0.339 e. The van der Waals surface area contributed by atoms with Crippen LogP contribution in [0.4, 0.5) is 10.5 Å². The molecular formula is C24H30N4O4. The zero-order valence-electron chi connectivity index (χ0n) is 18.7. The van der Waals surface area contributed by atoms with Gasteiger partial charge in [0.25, 0.3) is 0 Å². The first kappa shape index (κ1) is 22.0. The molecule has 2 aromatic rings. The lowest BCUT2D eigenvalue weighted by atomic mass is 9.65. The van der Waals surface area contributed by atoms with Crippen LogP contribution in [0.25, 0.3) is 0 Å². The van der Waals surface area contributed by atoms with Gasteiger partial charge in [-0.25, -0.2) is 10.2 Å². The average Bonchev–Trinajstić information content (AvgIpc) is 3.14. The summed E-state index contributed by atoms with van der Waals surface area (Å²) in [6.45, 7) is 1.01. The van der Waals surface area contributed by atoms with E-state index >= 15 is 0 Å². The van der Waals surface area contributed by atoms with Crippen molar-refractivity contribution in [3.05, 3.63) is 48.0 Å². The zero-order chi connectivity index (χ0) is 22.7. The van der Waals surface area contributed by atoms with Gasteiger partial charge in [0.15, 0.2) is 11.5 Å². The number of hydrogen-bond acceptors (Lipinski definition) is 6. The van der Waals surface area contributed by atoms with Gasteiger partial charge in [-0.3, -0.25) is 0 Å². The molecule has 8 heteroatoms. The lowest BCUT2D eigenvalue weighted by Gasteiger charge is -2.42. The molecule has 170 valence electrons. The first-order chi connectivity index (χ1) is 15.4. The molecule has 1 heterocycles. The van der Waals surface area contributed by atoms with Crippen LogP contribution >= 0.6 is 0 Å². The predicted molar refractivity (Wildman–Crippen MR) is 124 cm³/mol. The summed E-state index contributed by atoms with van der Waals surface area (Å²) in [4.78, 5) is 14.6. The quantitative estimate of drug-likeness (QED) is 0.619. The number of methoxy groups -OCH3 is 2. The topological polar surface area (TPSA) is 95.4 Å². The van der Waals surface area contributed by atoms with Gasteiger partial charge < -0.3 is 24.8 Å². The van der Waals surface area contributed by atoms with Crippen molar-refractivity contribution in [2.75, 3.05) is 33.1 Å². The molecular weight excluding hydrogens is 408 g/mol. The fourth-order valence-electron chi connectivity index (χ4n) is 5.06. The minimum absolute atomic E-state index is 0.0249. The Hall–Kier alpha value is -3.26. The minimum atomic E-state index is -0.431. The Labute approximate surface area is 188 Å². The van der Waals surface area contributed by atoms with Crippen molar-refractivity contribution in [2.45, 2.75) is 37.1 Å². The molecule has 0 aromatic heterocycles. The molecule has 2 fully saturated rings. The Bertz CT molecular complexity index is 1020. The average molecular weight is 439 g/mol. The Morgan fingerprint density at radius 2 is 1.97 bits per heavy atom. The largest absolute Gasteiger partial charge is 0.508 e. The van der Waals surface area contributed by atoms with Gasteiger partial charge in [-0.05, 0) is 62.7 Å². The molecule has 1 saturated carbocycles. The van der Waals surface area contributed by atoms with E-state index in [2.05, 4.69) is 39.9 Å². The van der Waals surface area contributed by atoms with Crippen LogP contribution in [0.3, 0.4) is 0 Å². The van der Waals surface area contributed by atoms with Gasteiger partial charge in [0, 0.05) is 35.3 Å². The van der Waals surface area contributed by atoms with Gasteiger partial charge in [0.05, 0.1) is 14.2 Å². The molecule has 1 aliphatic heterocycles. The summed E-state index contributed by atoms with van der Waals surface area (Å²) in [6.07, 6.45) is 3.62. The number of hydrogen-bond donors (Lipinski definition) is 3. The number of aromatic hydroxyl groups is 1. The number of nitrogens with one attached hydrogen (secondary N) is 2. The van der Waals surface area contributed by atoms with E-state index in [1.807, 2.05) is 6.07 Å². The standard InChI is InChI=1S/C24H30N4O4/c1-28-12-11-24(16-7-8-20(31-2)21(13-16)32-3)10-9-18(15-22(24)28)26-27-23(30)25-17-5-4-6-19(29)14-17/h4-8,13-14,22,29H,9-12,15H2,1-3H3,(H2,25,27,30)/t22-,24-/m0/s1. The number of rotatable bonds is 5. The molecule has 0 radical (unpaired) electrons. The van der Waals surface area contributed by atoms with E-state index in [-0.39, 0.29) is 11.2 Å². The summed E-state index contributed by atoms with van der Waals surface area (Å²) in [5.41, 5.74) is 5.38. The zero-order valence-corrected chi connectivity index (χ0v) is 18.7. The van der Waals surface area contributed by atoms with Gasteiger partial charge in [-0.2, -0.15) is 5.10 Å². The number of urea groups is 1. The summed E-state index contributed by atoms with van der Waals surface area (Å²) < 4.78 is 11.0. The second kappa shape index (κ2) is 9.08. The van der Waals surface area contributed by atoms with E-state index in [1.54, 1.807) is 32.4 Å². The molecule has 2 atom stereocenters. The SMILES string of the molecule is COc1ccc([C@@]23CCC(=NNC(=O)Nc4cccc(O)c4)C[C@@H]2N(C)CC3)cc1OC. The molecule has 0 unspecified atom stereocenters. The van der Waals surface area contributed by atoms with Crippen molar-refractivity contribution < 1.29 is 19.4 Å². The number of likely N-dealkylation sites (N-methyl/N-ethyl adjacent to an activating group) is 1. The summed E-state index contributed by atoms with van der Waals surface area (Å²) in [5, 5.41) is 16.6. The molecule has 0 bridgehead atoms. The summed E-state index contributed by atoms with van der Waals surface area (Å²) in [5.74, 6) is 1.57. The number of ether oxygens (including phenoxy) is 2. The third-order valence-corrected chi connectivity index (χ3v) is 6.75. The Morgan fingerprint density at radius 1 is 1.16 bits per heavy atom. The van der Waals surface area contributed by atoms with E-state index < -0.39 is 6.03 Å². The highest BCUT2D eigenvalue weighted by Crippen LogP contribution is 2.49. The van der Waals surface area contributed by atoms with Gasteiger partial charge in [0.1, 0.15) is 5.75 Å². The van der Waals surface area contributed by atoms with Crippen LogP contribution in [-0.2, 0) is 5.41 Å². The lowest BCUT2D eigenvalue weighted by Crippen LogP contribution is -2.46. The second-order valence-corrected chi connectivity index (χ2v) is 8.47. The van der Waals surface area contributed by atoms with Crippen LogP contribution < -0.4 is 20.2 Å². The first-order valence-corrected chi connectivity index (χ1v) is 10.8. The molecule has 3 N–H and O–H groups in total. The fraction of sp³-hybridized carbons (Fsp3) is 0.417. The van der Waals surface area contributed by atoms with E-state index in [4.69, 9.17) is 9.47 Å². The first-order valence-electron chi connectivity index (χ1n) is 10.8. The van der Waals surface area contributed by atoms with Crippen LogP contribution in [0.1, 0.15) is 31.2 Å². The van der Waals surface area contributed by atoms with Crippen LogP contribution in [-0.4, -0.2) is 55.6 Å². The van der Waals surface area contributed by atoms with Crippen molar-refractivity contribution in [1.82, 2.24) is 10.3 Å². The normalized spacial score (nSPS) is 24.1. The van der Waals surface area contributed by atoms with Crippen LogP contribution in [0.2, 0.25) is 0 Å². The van der Waals surface area contributed by atoms with Crippen molar-refractivity contribution in [3.63, 3.8) is 0 Å². The molecule has 8 nitrogen and oxygen atoms in total. The number of likely N-dealkylation sites (tertiary alicyclic amines) is 1. The lowest BCUT2D eigenvalue weighted by molar-refractivity contribution is 0.225. The number of carbonyl (C=O) groups is 1. The summed E-state index contributed by atoms with van der Waals surface area (Å²) >= 11 is 0.